The van der Waals surface area contributed by atoms with Gasteiger partial charge in [-0.1, -0.05) is 52.9 Å². The van der Waals surface area contributed by atoms with E-state index in [0.29, 0.717) is 0 Å². The van der Waals surface area contributed by atoms with Crippen LogP contribution in [0.15, 0.2) is 39.5 Å². The van der Waals surface area contributed by atoms with Gasteiger partial charge < -0.3 is 0 Å². The van der Waals surface area contributed by atoms with Crippen LogP contribution >= 0.6 is 34.4 Å². The minimum Gasteiger partial charge on any atom is -0.240 e. The summed E-state index contributed by atoms with van der Waals surface area (Å²) in [7, 11) is 0. The molecule has 0 fully saturated rings. The molecule has 0 bridgehead atoms. The third-order valence-electron chi connectivity index (χ3n) is 2.53. The maximum atomic E-state index is 4.66. The van der Waals surface area contributed by atoms with E-state index in [0.717, 1.165) is 20.8 Å². The van der Waals surface area contributed by atoms with Crippen molar-refractivity contribution in [2.45, 2.75) is 17.0 Å². The van der Waals surface area contributed by atoms with Crippen LogP contribution in [0.4, 0.5) is 0 Å². The fraction of sp³-hybridized carbons (Fsp3) is 0.154. The predicted molar refractivity (Wildman–Crippen MR) is 81.8 cm³/mol. The average molecular weight is 305 g/mol. The highest BCUT2D eigenvalue weighted by Gasteiger charge is 2.06. The van der Waals surface area contributed by atoms with Crippen LogP contribution in [-0.4, -0.2) is 15.2 Å². The normalized spacial score (nSPS) is 10.8. The Bertz CT molecular complexity index is 644. The molecule has 3 nitrogen and oxygen atoms in total. The molecule has 96 valence electrons. The molecule has 0 aliphatic carbocycles. The monoisotopic (exact) mass is 305 g/mol. The van der Waals surface area contributed by atoms with Crippen LogP contribution < -0.4 is 0 Å². The minimum absolute atomic E-state index is 0.845. The van der Waals surface area contributed by atoms with E-state index >= 15 is 0 Å². The van der Waals surface area contributed by atoms with Gasteiger partial charge in [0.05, 0.1) is 5.69 Å². The molecule has 0 saturated heterocycles. The second-order valence-electron chi connectivity index (χ2n) is 4.00. The first-order chi connectivity index (χ1) is 9.31. The second-order valence-corrected chi connectivity index (χ2v) is 6.92. The summed E-state index contributed by atoms with van der Waals surface area (Å²) in [6, 6.07) is 8.48. The minimum atomic E-state index is 0.845. The number of rotatable bonds is 4. The van der Waals surface area contributed by atoms with Gasteiger partial charge in [0, 0.05) is 16.7 Å². The fourth-order valence-corrected chi connectivity index (χ4v) is 3.88. The van der Waals surface area contributed by atoms with Gasteiger partial charge >= 0.3 is 0 Å². The van der Waals surface area contributed by atoms with E-state index in [1.54, 1.807) is 39.9 Å². The lowest BCUT2D eigenvalue weighted by molar-refractivity contribution is 1.01. The van der Waals surface area contributed by atoms with Crippen molar-refractivity contribution in [2.24, 2.45) is 0 Å². The quantitative estimate of drug-likeness (QED) is 0.675. The summed E-state index contributed by atoms with van der Waals surface area (Å²) in [4.78, 5) is 4.66. The lowest BCUT2D eigenvalue weighted by Crippen LogP contribution is -1.82. The van der Waals surface area contributed by atoms with Crippen molar-refractivity contribution in [1.82, 2.24) is 15.2 Å². The lowest BCUT2D eigenvalue weighted by Gasteiger charge is -1.97. The molecular formula is C13H11N3S3. The molecule has 3 rings (SSSR count). The zero-order valence-corrected chi connectivity index (χ0v) is 12.7. The third kappa shape index (κ3) is 3.20. The highest BCUT2D eigenvalue weighted by Crippen LogP contribution is 2.28. The number of benzene rings is 1. The van der Waals surface area contributed by atoms with Crippen LogP contribution in [0.5, 0.6) is 0 Å². The predicted octanol–water partition coefficient (Wildman–Crippen LogP) is 4.26. The van der Waals surface area contributed by atoms with Crippen LogP contribution in [0.25, 0.3) is 10.6 Å². The Balaban J connectivity index is 1.70. The Morgan fingerprint density at radius 2 is 2.00 bits per heavy atom. The van der Waals surface area contributed by atoms with Crippen LogP contribution in [0.1, 0.15) is 11.3 Å². The van der Waals surface area contributed by atoms with Gasteiger partial charge in [-0.15, -0.1) is 21.5 Å². The smallest absolute Gasteiger partial charge is 0.174 e. The maximum absolute atomic E-state index is 4.66. The molecule has 0 amide bonds. The van der Waals surface area contributed by atoms with Crippen LogP contribution in [-0.2, 0) is 5.75 Å². The highest BCUT2D eigenvalue weighted by molar-refractivity contribution is 8.00. The molecule has 6 heteroatoms. The number of hydrogen-bond donors (Lipinski definition) is 0. The van der Waals surface area contributed by atoms with E-state index < -0.39 is 0 Å². The lowest BCUT2D eigenvalue weighted by atomic mass is 10.2. The van der Waals surface area contributed by atoms with Crippen molar-refractivity contribution in [2.75, 3.05) is 0 Å². The number of thioether (sulfide) groups is 1. The van der Waals surface area contributed by atoms with Gasteiger partial charge in [-0.05, 0) is 6.92 Å². The van der Waals surface area contributed by atoms with Crippen LogP contribution in [0, 0.1) is 6.92 Å². The number of thiazole rings is 1. The molecule has 3 aromatic rings. The second kappa shape index (κ2) is 5.81. The zero-order valence-electron chi connectivity index (χ0n) is 10.2. The first-order valence-electron chi connectivity index (χ1n) is 5.72. The number of nitrogens with zero attached hydrogens (tertiary/aromatic N) is 3. The topological polar surface area (TPSA) is 38.7 Å². The average Bonchev–Trinajstić information content (AvgIpc) is 3.09. The molecular weight excluding hydrogens is 294 g/mol. The van der Waals surface area contributed by atoms with Gasteiger partial charge in [0.1, 0.15) is 10.5 Å². The molecule has 0 saturated carbocycles. The van der Waals surface area contributed by atoms with Crippen LogP contribution in [0.3, 0.4) is 0 Å². The number of hydrogen-bond acceptors (Lipinski definition) is 6. The summed E-state index contributed by atoms with van der Waals surface area (Å²) in [6.07, 6.45) is 0. The summed E-state index contributed by atoms with van der Waals surface area (Å²) in [5, 5.41) is 11.0. The molecule has 0 N–H and O–H groups in total. The van der Waals surface area contributed by atoms with Crippen molar-refractivity contribution in [3.05, 3.63) is 46.4 Å². The van der Waals surface area contributed by atoms with E-state index in [9.17, 15) is 0 Å². The molecule has 1 aromatic carbocycles. The molecule has 0 atom stereocenters. The van der Waals surface area contributed by atoms with Crippen molar-refractivity contribution in [3.8, 4) is 10.6 Å². The van der Waals surface area contributed by atoms with E-state index in [-0.39, 0.29) is 0 Å². The molecule has 0 aliphatic heterocycles. The Morgan fingerprint density at radius 3 is 2.74 bits per heavy atom. The van der Waals surface area contributed by atoms with Gasteiger partial charge in [0.25, 0.3) is 0 Å². The molecule has 2 aromatic heterocycles. The first kappa shape index (κ1) is 12.8. The molecule has 0 aliphatic rings. The summed E-state index contributed by atoms with van der Waals surface area (Å²) in [5.74, 6) is 0.845. The van der Waals surface area contributed by atoms with E-state index in [4.69, 9.17) is 0 Å². The maximum Gasteiger partial charge on any atom is 0.174 e. The third-order valence-corrected chi connectivity index (χ3v) is 5.37. The van der Waals surface area contributed by atoms with E-state index in [1.807, 2.05) is 0 Å². The Labute approximate surface area is 123 Å². The van der Waals surface area contributed by atoms with Crippen molar-refractivity contribution < 1.29 is 0 Å². The van der Waals surface area contributed by atoms with Gasteiger partial charge in [0.2, 0.25) is 0 Å². The van der Waals surface area contributed by atoms with Crippen molar-refractivity contribution in [3.63, 3.8) is 0 Å². The van der Waals surface area contributed by atoms with Gasteiger partial charge in [0.15, 0.2) is 4.34 Å². The van der Waals surface area contributed by atoms with Crippen molar-refractivity contribution in [1.29, 1.82) is 0 Å². The molecule has 0 radical (unpaired) electrons. The van der Waals surface area contributed by atoms with Crippen LogP contribution in [0.2, 0.25) is 0 Å². The molecule has 0 spiro atoms. The molecule has 0 unspecified atom stereocenters. The number of aryl methyl sites for hydroxylation is 1. The summed E-state index contributed by atoms with van der Waals surface area (Å²) < 4.78 is 0.991. The Hall–Kier alpha value is -1.24. The van der Waals surface area contributed by atoms with Gasteiger partial charge in [-0.2, -0.15) is 0 Å². The van der Waals surface area contributed by atoms with Gasteiger partial charge in [-0.3, -0.25) is 0 Å². The largest absolute Gasteiger partial charge is 0.240 e. The molecule has 2 heterocycles. The van der Waals surface area contributed by atoms with Gasteiger partial charge in [-0.25, -0.2) is 4.98 Å². The Kier molecular flexibility index (Phi) is 3.91. The zero-order chi connectivity index (χ0) is 13.1. The highest BCUT2D eigenvalue weighted by atomic mass is 32.2. The summed E-state index contributed by atoms with van der Waals surface area (Å²) in [5.41, 5.74) is 5.30. The molecule has 19 heavy (non-hydrogen) atoms. The van der Waals surface area contributed by atoms with Crippen molar-refractivity contribution >= 4 is 34.4 Å². The Morgan fingerprint density at radius 1 is 1.16 bits per heavy atom. The van der Waals surface area contributed by atoms with E-state index in [1.165, 1.54) is 11.1 Å². The SMILES string of the molecule is Cc1ccc(-c2nc(CSc3nncs3)cs2)cc1. The fourth-order valence-electron chi connectivity index (χ4n) is 1.56. The number of aromatic nitrogens is 3. The summed E-state index contributed by atoms with van der Waals surface area (Å²) >= 11 is 4.93. The first-order valence-corrected chi connectivity index (χ1v) is 8.46. The van der Waals surface area contributed by atoms with E-state index in [2.05, 4.69) is 51.8 Å². The summed E-state index contributed by atoms with van der Waals surface area (Å²) in [6.45, 7) is 2.09. The standard InChI is InChI=1S/C13H11N3S3/c1-9-2-4-10(5-3-9)12-15-11(6-17-12)7-18-13-16-14-8-19-13/h2-6,8H,7H2,1H3.